The zero-order valence-corrected chi connectivity index (χ0v) is 22.0. The van der Waals surface area contributed by atoms with Gasteiger partial charge >= 0.3 is 0 Å². The molecule has 5 aromatic rings. The molecule has 2 aliphatic heterocycles. The van der Waals surface area contributed by atoms with Crippen LogP contribution in [0.5, 0.6) is 17.2 Å². The maximum absolute atomic E-state index is 14.4. The van der Waals surface area contributed by atoms with Crippen LogP contribution >= 0.6 is 0 Å². The Hall–Kier alpha value is -5.25. The lowest BCUT2D eigenvalue weighted by Crippen LogP contribution is -2.23. The molecule has 2 aromatic heterocycles. The number of allylic oxidation sites excluding steroid dienone is 2. The maximum atomic E-state index is 14.4. The fourth-order valence-electron chi connectivity index (χ4n) is 5.51. The Labute approximate surface area is 234 Å². The Kier molecular flexibility index (Phi) is 5.88. The summed E-state index contributed by atoms with van der Waals surface area (Å²) < 4.78 is 34.1. The van der Waals surface area contributed by atoms with Crippen LogP contribution in [0.25, 0.3) is 27.9 Å². The molecule has 0 aliphatic carbocycles. The van der Waals surface area contributed by atoms with Crippen LogP contribution in [0.2, 0.25) is 0 Å². The quantitative estimate of drug-likeness (QED) is 0.293. The summed E-state index contributed by atoms with van der Waals surface area (Å²) in [4.78, 5) is 21.3. The average molecular weight is 550 g/mol. The lowest BCUT2D eigenvalue weighted by Gasteiger charge is -2.31. The molecule has 2 atom stereocenters. The number of carbonyl (C=O) groups is 1. The second-order valence-electron chi connectivity index (χ2n) is 9.83. The highest BCUT2D eigenvalue weighted by Gasteiger charge is 2.35. The Morgan fingerprint density at radius 2 is 1.80 bits per heavy atom. The van der Waals surface area contributed by atoms with Gasteiger partial charge in [-0.2, -0.15) is 5.10 Å². The van der Waals surface area contributed by atoms with Crippen LogP contribution in [0.15, 0.2) is 78.8 Å². The number of halogens is 1. The van der Waals surface area contributed by atoms with Crippen molar-refractivity contribution < 1.29 is 23.4 Å². The van der Waals surface area contributed by atoms with Gasteiger partial charge in [-0.1, -0.05) is 30.3 Å². The number of ether oxygens (including phenoxy) is 3. The van der Waals surface area contributed by atoms with E-state index in [1.807, 2.05) is 49.4 Å². The van der Waals surface area contributed by atoms with Crippen LogP contribution in [0.4, 0.5) is 10.2 Å². The molecule has 2 N–H and O–H groups in total. The number of anilines is 1. The Balaban J connectivity index is 1.44. The molecule has 0 bridgehead atoms. The summed E-state index contributed by atoms with van der Waals surface area (Å²) >= 11 is 0. The molecule has 0 saturated carbocycles. The monoisotopic (exact) mass is 549 g/mol. The van der Waals surface area contributed by atoms with Crippen molar-refractivity contribution >= 4 is 28.7 Å². The van der Waals surface area contributed by atoms with Gasteiger partial charge in [-0.25, -0.2) is 19.0 Å². The standard InChI is InChI=1S/C31H24FN5O4/c1-17(29-26(18-5-4-6-20(32)13-18)22(15-38)21-7-2-3-8-23(21)41-29)37-31-27(30(33)34-16-35-31)28(36-37)19-9-10-24-25(14-19)40-12-11-39-24/h2-10,13-17,22H,11-12H2,1H3,(H2,33,34,35). The third-order valence-corrected chi connectivity index (χ3v) is 7.40. The predicted molar refractivity (Wildman–Crippen MR) is 150 cm³/mol. The lowest BCUT2D eigenvalue weighted by molar-refractivity contribution is -0.108. The van der Waals surface area contributed by atoms with E-state index in [0.717, 1.165) is 11.8 Å². The van der Waals surface area contributed by atoms with Gasteiger partial charge in [-0.05, 0) is 48.9 Å². The van der Waals surface area contributed by atoms with Crippen molar-refractivity contribution in [3.63, 3.8) is 0 Å². The smallest absolute Gasteiger partial charge is 0.164 e. The van der Waals surface area contributed by atoms with E-state index in [1.165, 1.54) is 18.5 Å². The third-order valence-electron chi connectivity index (χ3n) is 7.40. The molecule has 2 aliphatic rings. The van der Waals surface area contributed by atoms with Crippen molar-refractivity contribution in [3.8, 4) is 28.5 Å². The topological polar surface area (TPSA) is 114 Å². The summed E-state index contributed by atoms with van der Waals surface area (Å²) in [6, 6.07) is 18.5. The molecule has 0 amide bonds. The molecule has 10 heteroatoms. The number of hydrogen-bond donors (Lipinski definition) is 1. The van der Waals surface area contributed by atoms with Crippen molar-refractivity contribution in [2.24, 2.45) is 0 Å². The van der Waals surface area contributed by atoms with Gasteiger partial charge in [0.15, 0.2) is 17.1 Å². The predicted octanol–water partition coefficient (Wildman–Crippen LogP) is 5.33. The van der Waals surface area contributed by atoms with Gasteiger partial charge < -0.3 is 24.7 Å². The Morgan fingerprint density at radius 3 is 2.63 bits per heavy atom. The third kappa shape index (κ3) is 4.07. The van der Waals surface area contributed by atoms with E-state index in [2.05, 4.69) is 9.97 Å². The molecule has 0 fully saturated rings. The van der Waals surface area contributed by atoms with Gasteiger partial charge in [0.2, 0.25) is 0 Å². The van der Waals surface area contributed by atoms with Crippen molar-refractivity contribution in [1.29, 1.82) is 0 Å². The zero-order valence-electron chi connectivity index (χ0n) is 22.0. The van der Waals surface area contributed by atoms with E-state index in [-0.39, 0.29) is 5.82 Å². The van der Waals surface area contributed by atoms with E-state index in [4.69, 9.17) is 25.0 Å². The van der Waals surface area contributed by atoms with Gasteiger partial charge in [-0.15, -0.1) is 0 Å². The number of nitrogens with zero attached hydrogens (tertiary/aromatic N) is 4. The second-order valence-corrected chi connectivity index (χ2v) is 9.83. The maximum Gasteiger partial charge on any atom is 0.164 e. The minimum Gasteiger partial charge on any atom is -0.486 e. The summed E-state index contributed by atoms with van der Waals surface area (Å²) in [5.41, 5.74) is 9.94. The zero-order chi connectivity index (χ0) is 28.1. The second kappa shape index (κ2) is 9.74. The highest BCUT2D eigenvalue weighted by Crippen LogP contribution is 2.46. The molecule has 4 heterocycles. The van der Waals surface area contributed by atoms with Gasteiger partial charge in [-0.3, -0.25) is 0 Å². The average Bonchev–Trinajstić information content (AvgIpc) is 3.40. The summed E-state index contributed by atoms with van der Waals surface area (Å²) in [5, 5.41) is 5.52. The minimum atomic E-state index is -0.682. The van der Waals surface area contributed by atoms with Crippen LogP contribution in [-0.4, -0.2) is 39.2 Å². The molecular formula is C31H24FN5O4. The number of nitrogen functional groups attached to an aromatic ring is 1. The summed E-state index contributed by atoms with van der Waals surface area (Å²) in [7, 11) is 0. The summed E-state index contributed by atoms with van der Waals surface area (Å²) in [5.74, 6) is 1.41. The first-order valence-electron chi connectivity index (χ1n) is 13.1. The summed E-state index contributed by atoms with van der Waals surface area (Å²) in [6.45, 7) is 2.82. The molecule has 2 unspecified atom stereocenters. The molecule has 9 nitrogen and oxygen atoms in total. The number of rotatable bonds is 5. The first-order chi connectivity index (χ1) is 20.0. The van der Waals surface area contributed by atoms with Crippen molar-refractivity contribution in [2.75, 3.05) is 18.9 Å². The number of carbonyl (C=O) groups excluding carboxylic acids is 1. The minimum absolute atomic E-state index is 0.262. The van der Waals surface area contributed by atoms with Gasteiger partial charge in [0, 0.05) is 16.7 Å². The van der Waals surface area contributed by atoms with E-state index >= 15 is 0 Å². The normalized spacial score (nSPS) is 16.7. The van der Waals surface area contributed by atoms with Crippen molar-refractivity contribution in [1.82, 2.24) is 19.7 Å². The Bertz CT molecular complexity index is 1870. The number of aromatic nitrogens is 4. The van der Waals surface area contributed by atoms with E-state index in [9.17, 15) is 9.18 Å². The van der Waals surface area contributed by atoms with E-state index in [1.54, 1.807) is 16.8 Å². The first kappa shape index (κ1) is 24.8. The largest absolute Gasteiger partial charge is 0.486 e. The molecule has 204 valence electrons. The highest BCUT2D eigenvalue weighted by atomic mass is 19.1. The highest BCUT2D eigenvalue weighted by molar-refractivity contribution is 5.99. The molecule has 3 aromatic carbocycles. The fraction of sp³-hybridized carbons (Fsp3) is 0.161. The van der Waals surface area contributed by atoms with E-state index < -0.39 is 17.8 Å². The molecule has 41 heavy (non-hydrogen) atoms. The van der Waals surface area contributed by atoms with Gasteiger partial charge in [0.1, 0.15) is 60.7 Å². The van der Waals surface area contributed by atoms with Crippen LogP contribution in [0.1, 0.15) is 30.0 Å². The fourth-order valence-corrected chi connectivity index (χ4v) is 5.51. The molecule has 0 radical (unpaired) electrons. The van der Waals surface area contributed by atoms with Crippen molar-refractivity contribution in [2.45, 2.75) is 18.9 Å². The first-order valence-corrected chi connectivity index (χ1v) is 13.1. The van der Waals surface area contributed by atoms with Gasteiger partial charge in [0.25, 0.3) is 0 Å². The number of aldehydes is 1. The van der Waals surface area contributed by atoms with Crippen LogP contribution < -0.4 is 19.9 Å². The Morgan fingerprint density at radius 1 is 0.976 bits per heavy atom. The number of para-hydroxylation sites is 1. The van der Waals surface area contributed by atoms with Crippen LogP contribution in [0, 0.1) is 5.82 Å². The number of benzene rings is 3. The number of fused-ring (bicyclic) bond motifs is 3. The lowest BCUT2D eigenvalue weighted by atomic mass is 9.83. The number of nitrogens with two attached hydrogens (primary N) is 1. The molecule has 0 spiro atoms. The van der Waals surface area contributed by atoms with Crippen LogP contribution in [-0.2, 0) is 4.79 Å². The summed E-state index contributed by atoms with van der Waals surface area (Å²) in [6.07, 6.45) is 2.24. The molecule has 0 saturated heterocycles. The molecule has 7 rings (SSSR count). The number of hydrogen-bond acceptors (Lipinski definition) is 8. The molecular weight excluding hydrogens is 525 g/mol. The SMILES string of the molecule is CC(C1=C(c2cccc(F)c2)C(C=O)c2ccccc2O1)n1nc(-c2ccc3c(c2)OCCO3)c2c(N)ncnc21. The van der Waals surface area contributed by atoms with E-state index in [0.29, 0.717) is 69.6 Å². The van der Waals surface area contributed by atoms with Gasteiger partial charge in [0.05, 0.1) is 11.3 Å². The van der Waals surface area contributed by atoms with Crippen molar-refractivity contribution in [3.05, 3.63) is 95.8 Å². The van der Waals surface area contributed by atoms with Crippen LogP contribution in [0.3, 0.4) is 0 Å².